The van der Waals surface area contributed by atoms with Crippen molar-refractivity contribution in [2.24, 2.45) is 0 Å². The molecule has 2 aromatic heterocycles. The summed E-state index contributed by atoms with van der Waals surface area (Å²) in [6.07, 6.45) is 4.18. The summed E-state index contributed by atoms with van der Waals surface area (Å²) in [5.74, 6) is 1.10. The first kappa shape index (κ1) is 11.6. The number of hydrogen-bond acceptors (Lipinski definition) is 4. The summed E-state index contributed by atoms with van der Waals surface area (Å²) in [7, 11) is 1.72. The van der Waals surface area contributed by atoms with E-state index < -0.39 is 0 Å². The maximum Gasteiger partial charge on any atom is 0.160 e. The van der Waals surface area contributed by atoms with Crippen molar-refractivity contribution in [3.8, 4) is 0 Å². The summed E-state index contributed by atoms with van der Waals surface area (Å²) >= 11 is 0. The van der Waals surface area contributed by atoms with Crippen molar-refractivity contribution in [2.45, 2.75) is 25.4 Å². The zero-order valence-electron chi connectivity index (χ0n) is 10.6. The number of fused-ring (bicyclic) bond motifs is 1. The van der Waals surface area contributed by atoms with Gasteiger partial charge < -0.3 is 14.6 Å². The van der Waals surface area contributed by atoms with Crippen molar-refractivity contribution in [2.75, 3.05) is 20.3 Å². The number of ether oxygens (including phenoxy) is 1. The van der Waals surface area contributed by atoms with Crippen LogP contribution >= 0.6 is 0 Å². The van der Waals surface area contributed by atoms with Gasteiger partial charge in [0.15, 0.2) is 5.65 Å². The molecule has 1 N–H and O–H groups in total. The largest absolute Gasteiger partial charge is 0.383 e. The minimum absolute atomic E-state index is 0.357. The van der Waals surface area contributed by atoms with Crippen LogP contribution in [0.25, 0.3) is 11.2 Å². The first-order chi connectivity index (χ1) is 8.90. The SMILES string of the molecule is COCCn1c(C2CCCN2)nc2cccnc21. The number of rotatable bonds is 4. The fourth-order valence-electron chi connectivity index (χ4n) is 2.55. The molecule has 1 saturated heterocycles. The summed E-state index contributed by atoms with van der Waals surface area (Å²) < 4.78 is 7.37. The topological polar surface area (TPSA) is 52.0 Å². The first-order valence-corrected chi connectivity index (χ1v) is 6.43. The van der Waals surface area contributed by atoms with Crippen molar-refractivity contribution in [3.63, 3.8) is 0 Å². The molecule has 96 valence electrons. The maximum absolute atomic E-state index is 5.18. The zero-order chi connectivity index (χ0) is 12.4. The Labute approximate surface area is 106 Å². The van der Waals surface area contributed by atoms with E-state index in [9.17, 15) is 0 Å². The third-order valence-corrected chi connectivity index (χ3v) is 3.42. The number of nitrogens with zero attached hydrogens (tertiary/aromatic N) is 3. The standard InChI is InChI=1S/C13H18N4O/c1-18-9-8-17-12-11(5-3-7-15-12)16-13(17)10-4-2-6-14-10/h3,5,7,10,14H,2,4,6,8-9H2,1H3. The number of imidazole rings is 1. The Morgan fingerprint density at radius 2 is 2.50 bits per heavy atom. The Morgan fingerprint density at radius 1 is 1.56 bits per heavy atom. The molecule has 2 aromatic rings. The Bertz CT molecular complexity index is 531. The molecule has 0 spiro atoms. The molecule has 0 amide bonds. The Hall–Kier alpha value is -1.46. The predicted molar refractivity (Wildman–Crippen MR) is 69.4 cm³/mol. The molecule has 0 aromatic carbocycles. The van der Waals surface area contributed by atoms with Gasteiger partial charge in [-0.1, -0.05) is 0 Å². The van der Waals surface area contributed by atoms with Gasteiger partial charge in [0.2, 0.25) is 0 Å². The van der Waals surface area contributed by atoms with Gasteiger partial charge in [0, 0.05) is 19.9 Å². The summed E-state index contributed by atoms with van der Waals surface area (Å²) in [4.78, 5) is 9.17. The molecule has 5 nitrogen and oxygen atoms in total. The van der Waals surface area contributed by atoms with Crippen LogP contribution in [0.15, 0.2) is 18.3 Å². The van der Waals surface area contributed by atoms with E-state index in [0.717, 1.165) is 36.5 Å². The number of pyridine rings is 1. The van der Waals surface area contributed by atoms with Crippen molar-refractivity contribution in [1.29, 1.82) is 0 Å². The minimum atomic E-state index is 0.357. The Balaban J connectivity index is 2.04. The third kappa shape index (κ3) is 2.00. The van der Waals surface area contributed by atoms with Gasteiger partial charge in [-0.15, -0.1) is 0 Å². The van der Waals surface area contributed by atoms with Gasteiger partial charge in [0.05, 0.1) is 12.6 Å². The molecule has 3 rings (SSSR count). The van der Waals surface area contributed by atoms with Crippen LogP contribution in [0.2, 0.25) is 0 Å². The third-order valence-electron chi connectivity index (χ3n) is 3.42. The number of hydrogen-bond donors (Lipinski definition) is 1. The second kappa shape index (κ2) is 5.04. The highest BCUT2D eigenvalue weighted by Crippen LogP contribution is 2.25. The first-order valence-electron chi connectivity index (χ1n) is 6.43. The van der Waals surface area contributed by atoms with Crippen LogP contribution in [0.5, 0.6) is 0 Å². The lowest BCUT2D eigenvalue weighted by Crippen LogP contribution is -2.19. The monoisotopic (exact) mass is 246 g/mol. The Morgan fingerprint density at radius 3 is 3.28 bits per heavy atom. The van der Waals surface area contributed by atoms with Crippen molar-refractivity contribution < 1.29 is 4.74 Å². The van der Waals surface area contributed by atoms with E-state index in [2.05, 4.69) is 14.9 Å². The molecule has 1 atom stereocenters. The molecule has 1 aliphatic rings. The number of aromatic nitrogens is 3. The Kier molecular flexibility index (Phi) is 3.25. The van der Waals surface area contributed by atoms with Gasteiger partial charge in [0.1, 0.15) is 11.3 Å². The van der Waals surface area contributed by atoms with Crippen molar-refractivity contribution in [3.05, 3.63) is 24.2 Å². The van der Waals surface area contributed by atoms with Gasteiger partial charge in [-0.3, -0.25) is 0 Å². The zero-order valence-corrected chi connectivity index (χ0v) is 10.6. The smallest absolute Gasteiger partial charge is 0.160 e. The highest BCUT2D eigenvalue weighted by atomic mass is 16.5. The van der Waals surface area contributed by atoms with Crippen LogP contribution in [-0.2, 0) is 11.3 Å². The molecule has 0 aliphatic carbocycles. The van der Waals surface area contributed by atoms with E-state index in [1.807, 2.05) is 18.3 Å². The van der Waals surface area contributed by atoms with E-state index in [1.165, 1.54) is 6.42 Å². The van der Waals surface area contributed by atoms with Gasteiger partial charge in [-0.2, -0.15) is 0 Å². The van der Waals surface area contributed by atoms with Crippen LogP contribution in [0.4, 0.5) is 0 Å². The summed E-state index contributed by atoms with van der Waals surface area (Å²) in [5, 5.41) is 3.50. The molecule has 1 unspecified atom stereocenters. The lowest BCUT2D eigenvalue weighted by Gasteiger charge is -2.13. The molecule has 0 radical (unpaired) electrons. The molecule has 1 aliphatic heterocycles. The minimum Gasteiger partial charge on any atom is -0.383 e. The van der Waals surface area contributed by atoms with Crippen LogP contribution in [0, 0.1) is 0 Å². The van der Waals surface area contributed by atoms with Crippen LogP contribution in [-0.4, -0.2) is 34.8 Å². The quantitative estimate of drug-likeness (QED) is 0.888. The fourth-order valence-corrected chi connectivity index (χ4v) is 2.55. The van der Waals surface area contributed by atoms with E-state index in [1.54, 1.807) is 7.11 Å². The summed E-state index contributed by atoms with van der Waals surface area (Å²) in [6, 6.07) is 4.31. The molecule has 3 heterocycles. The average molecular weight is 246 g/mol. The molecule has 0 bridgehead atoms. The molecule has 18 heavy (non-hydrogen) atoms. The van der Waals surface area contributed by atoms with Gasteiger partial charge in [-0.25, -0.2) is 9.97 Å². The highest BCUT2D eigenvalue weighted by molar-refractivity contribution is 5.71. The normalized spacial score (nSPS) is 19.7. The second-order valence-corrected chi connectivity index (χ2v) is 4.61. The average Bonchev–Trinajstić information content (AvgIpc) is 3.03. The van der Waals surface area contributed by atoms with Gasteiger partial charge >= 0.3 is 0 Å². The van der Waals surface area contributed by atoms with E-state index in [4.69, 9.17) is 9.72 Å². The molecular formula is C13H18N4O. The lowest BCUT2D eigenvalue weighted by atomic mass is 10.2. The lowest BCUT2D eigenvalue weighted by molar-refractivity contribution is 0.186. The van der Waals surface area contributed by atoms with Gasteiger partial charge in [-0.05, 0) is 31.5 Å². The van der Waals surface area contributed by atoms with Crippen LogP contribution in [0.1, 0.15) is 24.7 Å². The van der Waals surface area contributed by atoms with Crippen LogP contribution in [0.3, 0.4) is 0 Å². The second-order valence-electron chi connectivity index (χ2n) is 4.61. The molecular weight excluding hydrogens is 228 g/mol. The maximum atomic E-state index is 5.18. The van der Waals surface area contributed by atoms with Gasteiger partial charge in [0.25, 0.3) is 0 Å². The summed E-state index contributed by atoms with van der Waals surface area (Å²) in [5.41, 5.74) is 1.93. The highest BCUT2D eigenvalue weighted by Gasteiger charge is 2.23. The molecule has 1 fully saturated rings. The molecule has 0 saturated carbocycles. The fraction of sp³-hybridized carbons (Fsp3) is 0.538. The van der Waals surface area contributed by atoms with E-state index >= 15 is 0 Å². The molecule has 5 heteroatoms. The predicted octanol–water partition coefficient (Wildman–Crippen LogP) is 1.50. The van der Waals surface area contributed by atoms with Crippen molar-refractivity contribution in [1.82, 2.24) is 19.9 Å². The number of methoxy groups -OCH3 is 1. The van der Waals surface area contributed by atoms with E-state index in [-0.39, 0.29) is 0 Å². The van der Waals surface area contributed by atoms with Crippen molar-refractivity contribution >= 4 is 11.2 Å². The van der Waals surface area contributed by atoms with E-state index in [0.29, 0.717) is 12.6 Å². The summed E-state index contributed by atoms with van der Waals surface area (Å²) in [6.45, 7) is 2.56. The van der Waals surface area contributed by atoms with Crippen LogP contribution < -0.4 is 5.32 Å². The number of nitrogens with one attached hydrogen (secondary N) is 1.